The van der Waals surface area contributed by atoms with Gasteiger partial charge < -0.3 is 5.32 Å². The van der Waals surface area contributed by atoms with E-state index in [-0.39, 0.29) is 0 Å². The molecule has 3 heteroatoms. The highest BCUT2D eigenvalue weighted by molar-refractivity contribution is 5.57. The maximum Gasteiger partial charge on any atom is 0.131 e. The molecule has 0 aliphatic heterocycles. The number of hydrogen-bond acceptors (Lipinski definition) is 3. The zero-order valence-corrected chi connectivity index (χ0v) is 10.5. The first-order valence-corrected chi connectivity index (χ1v) is 5.92. The number of aromatic nitrogens is 1. The molecule has 1 heterocycles. The van der Waals surface area contributed by atoms with Crippen LogP contribution in [-0.4, -0.2) is 4.98 Å². The highest BCUT2D eigenvalue weighted by atomic mass is 15.0. The summed E-state index contributed by atoms with van der Waals surface area (Å²) < 4.78 is 0. The first-order chi connectivity index (χ1) is 8.69. The normalized spacial score (nSPS) is 10.1. The number of benzene rings is 1. The fourth-order valence-corrected chi connectivity index (χ4v) is 1.67. The molecule has 2 aromatic rings. The summed E-state index contributed by atoms with van der Waals surface area (Å²) in [5.41, 5.74) is 2.88. The van der Waals surface area contributed by atoms with Crippen LogP contribution < -0.4 is 5.32 Å². The average Bonchev–Trinajstić information content (AvgIpc) is 2.39. The van der Waals surface area contributed by atoms with Crippen LogP contribution in [0, 0.1) is 11.3 Å². The van der Waals surface area contributed by atoms with Crippen molar-refractivity contribution in [2.24, 2.45) is 0 Å². The van der Waals surface area contributed by atoms with Crippen LogP contribution >= 0.6 is 0 Å². The smallest absolute Gasteiger partial charge is 0.131 e. The predicted molar refractivity (Wildman–Crippen MR) is 72.8 cm³/mol. The SMILES string of the molecule is CC(C)c1ccc(Nc2cc(C#N)ccn2)cc1. The summed E-state index contributed by atoms with van der Waals surface area (Å²) in [6, 6.07) is 13.8. The molecular weight excluding hydrogens is 222 g/mol. The number of hydrogen-bond donors (Lipinski definition) is 1. The van der Waals surface area contributed by atoms with Crippen molar-refractivity contribution in [2.75, 3.05) is 5.32 Å². The van der Waals surface area contributed by atoms with Crippen LogP contribution in [0.5, 0.6) is 0 Å². The average molecular weight is 237 g/mol. The van der Waals surface area contributed by atoms with E-state index in [1.165, 1.54) is 5.56 Å². The lowest BCUT2D eigenvalue weighted by Crippen LogP contribution is -1.94. The highest BCUT2D eigenvalue weighted by Crippen LogP contribution is 2.19. The number of nitrogens with one attached hydrogen (secondary N) is 1. The van der Waals surface area contributed by atoms with Crippen LogP contribution in [0.1, 0.15) is 30.9 Å². The molecule has 0 atom stereocenters. The summed E-state index contributed by atoms with van der Waals surface area (Å²) >= 11 is 0. The third-order valence-corrected chi connectivity index (χ3v) is 2.74. The molecule has 1 aromatic heterocycles. The lowest BCUT2D eigenvalue weighted by atomic mass is 10.0. The van der Waals surface area contributed by atoms with Crippen molar-refractivity contribution in [2.45, 2.75) is 19.8 Å². The second kappa shape index (κ2) is 5.33. The van der Waals surface area contributed by atoms with Gasteiger partial charge in [0.25, 0.3) is 0 Å². The van der Waals surface area contributed by atoms with Gasteiger partial charge in [-0.25, -0.2) is 4.98 Å². The van der Waals surface area contributed by atoms with Crippen molar-refractivity contribution < 1.29 is 0 Å². The van der Waals surface area contributed by atoms with Crippen molar-refractivity contribution in [1.29, 1.82) is 5.26 Å². The van der Waals surface area contributed by atoms with Crippen LogP contribution in [0.25, 0.3) is 0 Å². The van der Waals surface area contributed by atoms with Gasteiger partial charge in [0.1, 0.15) is 5.82 Å². The fourth-order valence-electron chi connectivity index (χ4n) is 1.67. The van der Waals surface area contributed by atoms with Gasteiger partial charge in [0.05, 0.1) is 11.6 Å². The largest absolute Gasteiger partial charge is 0.340 e. The zero-order chi connectivity index (χ0) is 13.0. The van der Waals surface area contributed by atoms with Gasteiger partial charge in [-0.2, -0.15) is 5.26 Å². The Labute approximate surface area is 107 Å². The monoisotopic (exact) mass is 237 g/mol. The Morgan fingerprint density at radius 1 is 1.17 bits per heavy atom. The molecule has 0 aliphatic carbocycles. The number of nitrogens with zero attached hydrogens (tertiary/aromatic N) is 2. The Balaban J connectivity index is 2.16. The van der Waals surface area contributed by atoms with E-state index < -0.39 is 0 Å². The Bertz CT molecular complexity index is 565. The maximum atomic E-state index is 8.82. The van der Waals surface area contributed by atoms with Crippen molar-refractivity contribution in [3.05, 3.63) is 53.7 Å². The van der Waals surface area contributed by atoms with Crippen LogP contribution in [-0.2, 0) is 0 Å². The van der Waals surface area contributed by atoms with Crippen molar-refractivity contribution in [1.82, 2.24) is 4.98 Å². The van der Waals surface area contributed by atoms with E-state index in [9.17, 15) is 0 Å². The predicted octanol–water partition coefficient (Wildman–Crippen LogP) is 3.82. The number of nitriles is 1. The molecule has 2 rings (SSSR count). The molecule has 0 radical (unpaired) electrons. The van der Waals surface area contributed by atoms with Gasteiger partial charge in [-0.05, 0) is 35.7 Å². The molecule has 18 heavy (non-hydrogen) atoms. The zero-order valence-electron chi connectivity index (χ0n) is 10.5. The second-order valence-electron chi connectivity index (χ2n) is 4.44. The minimum atomic E-state index is 0.527. The molecule has 0 bridgehead atoms. The van der Waals surface area contributed by atoms with E-state index in [0.29, 0.717) is 17.3 Å². The topological polar surface area (TPSA) is 48.7 Å². The Kier molecular flexibility index (Phi) is 3.59. The third kappa shape index (κ3) is 2.86. The van der Waals surface area contributed by atoms with Gasteiger partial charge >= 0.3 is 0 Å². The number of rotatable bonds is 3. The summed E-state index contributed by atoms with van der Waals surface area (Å²) in [4.78, 5) is 4.18. The molecule has 0 saturated heterocycles. The van der Waals surface area contributed by atoms with E-state index in [1.807, 2.05) is 12.1 Å². The fraction of sp³-hybridized carbons (Fsp3) is 0.200. The third-order valence-electron chi connectivity index (χ3n) is 2.74. The molecule has 0 fully saturated rings. The van der Waals surface area contributed by atoms with Crippen molar-refractivity contribution in [3.63, 3.8) is 0 Å². The summed E-state index contributed by atoms with van der Waals surface area (Å²) in [5.74, 6) is 1.21. The molecular formula is C15H15N3. The molecule has 0 unspecified atom stereocenters. The molecule has 0 aliphatic rings. The van der Waals surface area contributed by atoms with E-state index in [2.05, 4.69) is 42.4 Å². The maximum absolute atomic E-state index is 8.82. The minimum Gasteiger partial charge on any atom is -0.340 e. The molecule has 1 aromatic carbocycles. The van der Waals surface area contributed by atoms with Crippen LogP contribution in [0.4, 0.5) is 11.5 Å². The second-order valence-corrected chi connectivity index (χ2v) is 4.44. The number of anilines is 2. The molecule has 3 nitrogen and oxygen atoms in total. The van der Waals surface area contributed by atoms with Crippen LogP contribution in [0.3, 0.4) is 0 Å². The molecule has 0 saturated carbocycles. The minimum absolute atomic E-state index is 0.527. The van der Waals surface area contributed by atoms with E-state index in [4.69, 9.17) is 5.26 Å². The molecule has 0 amide bonds. The van der Waals surface area contributed by atoms with Crippen molar-refractivity contribution in [3.8, 4) is 6.07 Å². The molecule has 1 N–H and O–H groups in total. The first kappa shape index (κ1) is 12.1. The van der Waals surface area contributed by atoms with Gasteiger partial charge in [0, 0.05) is 11.9 Å². The summed E-state index contributed by atoms with van der Waals surface area (Å²) in [5, 5.41) is 12.0. The lowest BCUT2D eigenvalue weighted by molar-refractivity contribution is 0.867. The number of pyridine rings is 1. The standard InChI is InChI=1S/C15H15N3/c1-11(2)13-3-5-14(6-4-13)18-15-9-12(10-16)7-8-17-15/h3-9,11H,1-2H3,(H,17,18). The quantitative estimate of drug-likeness (QED) is 0.882. The Hall–Kier alpha value is -2.34. The van der Waals surface area contributed by atoms with Gasteiger partial charge in [-0.1, -0.05) is 26.0 Å². The lowest BCUT2D eigenvalue weighted by Gasteiger charge is -2.08. The summed E-state index contributed by atoms with van der Waals surface area (Å²) in [7, 11) is 0. The highest BCUT2D eigenvalue weighted by Gasteiger charge is 2.00. The first-order valence-electron chi connectivity index (χ1n) is 5.92. The van der Waals surface area contributed by atoms with E-state index in [1.54, 1.807) is 18.3 Å². The van der Waals surface area contributed by atoms with Gasteiger partial charge in [0.2, 0.25) is 0 Å². The van der Waals surface area contributed by atoms with E-state index >= 15 is 0 Å². The van der Waals surface area contributed by atoms with Gasteiger partial charge in [-0.3, -0.25) is 0 Å². The van der Waals surface area contributed by atoms with Gasteiger partial charge in [0.15, 0.2) is 0 Å². The summed E-state index contributed by atoms with van der Waals surface area (Å²) in [6.45, 7) is 4.33. The van der Waals surface area contributed by atoms with Crippen LogP contribution in [0.15, 0.2) is 42.6 Å². The van der Waals surface area contributed by atoms with Crippen LogP contribution in [0.2, 0.25) is 0 Å². The molecule has 0 spiro atoms. The Morgan fingerprint density at radius 2 is 1.89 bits per heavy atom. The Morgan fingerprint density at radius 3 is 2.50 bits per heavy atom. The van der Waals surface area contributed by atoms with E-state index in [0.717, 1.165) is 5.69 Å². The summed E-state index contributed by atoms with van der Waals surface area (Å²) in [6.07, 6.45) is 1.63. The van der Waals surface area contributed by atoms with Crippen molar-refractivity contribution >= 4 is 11.5 Å². The van der Waals surface area contributed by atoms with Gasteiger partial charge in [-0.15, -0.1) is 0 Å². The molecule has 90 valence electrons.